The number of nitrogens with one attached hydrogen (secondary N) is 2. The molecule has 10 nitrogen and oxygen atoms in total. The third-order valence-corrected chi connectivity index (χ3v) is 7.77. The number of carboxylic acid groups (broad SMARTS) is 1. The van der Waals surface area contributed by atoms with E-state index in [0.717, 1.165) is 10.5 Å². The number of piperidine rings is 1. The van der Waals surface area contributed by atoms with Crippen molar-refractivity contribution in [1.29, 1.82) is 0 Å². The van der Waals surface area contributed by atoms with E-state index in [1.807, 2.05) is 30.3 Å². The van der Waals surface area contributed by atoms with Crippen molar-refractivity contribution in [2.24, 2.45) is 0 Å². The van der Waals surface area contributed by atoms with Crippen molar-refractivity contribution in [3.63, 3.8) is 0 Å². The van der Waals surface area contributed by atoms with Crippen molar-refractivity contribution in [1.82, 2.24) is 10.2 Å². The summed E-state index contributed by atoms with van der Waals surface area (Å²) in [6.07, 6.45) is -0.871. The molecule has 2 aliphatic rings. The molecule has 1 saturated heterocycles. The van der Waals surface area contributed by atoms with Crippen LogP contribution >= 0.6 is 0 Å². The molecular weight excluding hydrogens is 543 g/mol. The number of hydrogen-bond donors (Lipinski definition) is 3. The summed E-state index contributed by atoms with van der Waals surface area (Å²) in [5.74, 6) is -1.40. The van der Waals surface area contributed by atoms with E-state index in [1.165, 1.54) is 36.2 Å². The molecule has 4 amide bonds. The summed E-state index contributed by atoms with van der Waals surface area (Å²) < 4.78 is 21.2. The van der Waals surface area contributed by atoms with Crippen LogP contribution < -0.4 is 15.5 Å². The summed E-state index contributed by atoms with van der Waals surface area (Å²) >= 11 is 0. The van der Waals surface area contributed by atoms with E-state index in [9.17, 15) is 24.3 Å². The van der Waals surface area contributed by atoms with Crippen LogP contribution in [0.2, 0.25) is 0 Å². The normalized spacial score (nSPS) is 18.4. The van der Waals surface area contributed by atoms with E-state index in [2.05, 4.69) is 10.6 Å². The first-order chi connectivity index (χ1) is 20.1. The molecule has 2 aliphatic heterocycles. The number of anilines is 2. The second kappa shape index (κ2) is 11.5. The molecule has 0 saturated carbocycles. The van der Waals surface area contributed by atoms with E-state index in [0.29, 0.717) is 36.3 Å². The molecule has 11 heteroatoms. The summed E-state index contributed by atoms with van der Waals surface area (Å²) in [5.41, 5.74) is 1.01. The fourth-order valence-corrected chi connectivity index (χ4v) is 5.55. The second-order valence-electron chi connectivity index (χ2n) is 10.6. The molecular formula is C31H31FN4O6. The highest BCUT2D eigenvalue weighted by atomic mass is 19.1. The first kappa shape index (κ1) is 28.6. The summed E-state index contributed by atoms with van der Waals surface area (Å²) in [4.78, 5) is 53.6. The first-order valence-electron chi connectivity index (χ1n) is 13.6. The number of nitrogens with zero attached hydrogens (tertiary/aromatic N) is 2. The quantitative estimate of drug-likeness (QED) is 0.393. The zero-order chi connectivity index (χ0) is 30.0. The number of hydrogen-bond acceptors (Lipinski definition) is 5. The maximum atomic E-state index is 15.5. The number of halogens is 1. The molecule has 0 bridgehead atoms. The van der Waals surface area contributed by atoms with Crippen LogP contribution in [0.3, 0.4) is 0 Å². The summed E-state index contributed by atoms with van der Waals surface area (Å²) in [7, 11) is 1.39. The van der Waals surface area contributed by atoms with Gasteiger partial charge >= 0.3 is 12.2 Å². The molecule has 218 valence electrons. The van der Waals surface area contributed by atoms with Crippen LogP contribution in [0.25, 0.3) is 0 Å². The average Bonchev–Trinajstić information content (AvgIpc) is 2.98. The standard InChI is InChI=1S/C31H31FN4O6/c1-19-9-14-23-25(26(19)32)31(42-29(39)34-23)15-6-16-36(18-31)28(38)24(17-20-7-4-3-5-8-20)33-27(37)21-10-12-22(13-11-21)35(2)30(40)41/h3-5,7-14,24H,6,15-18H2,1-2H3,(H,33,37)(H,34,39)(H,40,41)/t24-,31-/m0/s1. The van der Waals surface area contributed by atoms with Crippen molar-refractivity contribution in [2.45, 2.75) is 37.8 Å². The van der Waals surface area contributed by atoms with Crippen LogP contribution in [0.5, 0.6) is 0 Å². The van der Waals surface area contributed by atoms with Crippen LogP contribution in [0, 0.1) is 12.7 Å². The fourth-order valence-electron chi connectivity index (χ4n) is 5.55. The monoisotopic (exact) mass is 574 g/mol. The summed E-state index contributed by atoms with van der Waals surface area (Å²) in [5, 5.41) is 14.6. The number of likely N-dealkylation sites (tertiary alicyclic amines) is 1. The summed E-state index contributed by atoms with van der Waals surface area (Å²) in [6.45, 7) is 1.90. The lowest BCUT2D eigenvalue weighted by Crippen LogP contribution is -2.58. The van der Waals surface area contributed by atoms with Gasteiger partial charge in [0.2, 0.25) is 5.91 Å². The molecule has 2 atom stereocenters. The smallest absolute Gasteiger partial charge is 0.412 e. The minimum atomic E-state index is -1.37. The molecule has 0 aliphatic carbocycles. The van der Waals surface area contributed by atoms with E-state index in [4.69, 9.17) is 4.74 Å². The Morgan fingerprint density at radius 2 is 1.83 bits per heavy atom. The van der Waals surface area contributed by atoms with Gasteiger partial charge in [0, 0.05) is 31.3 Å². The predicted octanol–water partition coefficient (Wildman–Crippen LogP) is 4.67. The van der Waals surface area contributed by atoms with Crippen LogP contribution in [0.4, 0.5) is 25.4 Å². The molecule has 42 heavy (non-hydrogen) atoms. The molecule has 5 rings (SSSR count). The second-order valence-corrected chi connectivity index (χ2v) is 10.6. The zero-order valence-electron chi connectivity index (χ0n) is 23.2. The SMILES string of the molecule is Cc1ccc2c(c1F)[C@@]1(CCCN(C(=O)[C@H](Cc3ccccc3)NC(=O)c3ccc(N(C)C(=O)O)cc3)C1)OC(=O)N2. The van der Waals surface area contributed by atoms with Crippen LogP contribution in [-0.4, -0.2) is 60.2 Å². The van der Waals surface area contributed by atoms with E-state index >= 15 is 4.39 Å². The van der Waals surface area contributed by atoms with Gasteiger partial charge in [0.25, 0.3) is 5.91 Å². The highest BCUT2D eigenvalue weighted by molar-refractivity contribution is 5.98. The largest absolute Gasteiger partial charge is 0.465 e. The average molecular weight is 575 g/mol. The number of benzene rings is 3. The van der Waals surface area contributed by atoms with Crippen molar-refractivity contribution in [2.75, 3.05) is 30.4 Å². The van der Waals surface area contributed by atoms with Gasteiger partial charge in [-0.2, -0.15) is 0 Å². The number of fused-ring (bicyclic) bond motifs is 2. The van der Waals surface area contributed by atoms with Gasteiger partial charge in [-0.05, 0) is 61.2 Å². The van der Waals surface area contributed by atoms with E-state index < -0.39 is 41.5 Å². The molecule has 3 aromatic carbocycles. The lowest BCUT2D eigenvalue weighted by molar-refractivity contribution is -0.141. The summed E-state index contributed by atoms with van der Waals surface area (Å²) in [6, 6.07) is 17.4. The Hall–Kier alpha value is -4.93. The van der Waals surface area contributed by atoms with Crippen LogP contribution in [0.1, 0.15) is 39.9 Å². The van der Waals surface area contributed by atoms with Gasteiger partial charge in [-0.1, -0.05) is 36.4 Å². The number of ether oxygens (including phenoxy) is 1. The van der Waals surface area contributed by atoms with Gasteiger partial charge in [-0.25, -0.2) is 14.0 Å². The van der Waals surface area contributed by atoms with Gasteiger partial charge in [-0.3, -0.25) is 19.8 Å². The number of aryl methyl sites for hydroxylation is 1. The van der Waals surface area contributed by atoms with Crippen molar-refractivity contribution in [3.8, 4) is 0 Å². The minimum Gasteiger partial charge on any atom is -0.465 e. The van der Waals surface area contributed by atoms with Gasteiger partial charge in [0.15, 0.2) is 5.60 Å². The molecule has 3 N–H and O–H groups in total. The van der Waals surface area contributed by atoms with Crippen molar-refractivity contribution in [3.05, 3.63) is 94.8 Å². The Labute approximate surface area is 242 Å². The van der Waals surface area contributed by atoms with E-state index in [-0.39, 0.29) is 24.1 Å². The first-order valence-corrected chi connectivity index (χ1v) is 13.6. The lowest BCUT2D eigenvalue weighted by atomic mass is 9.82. The Kier molecular flexibility index (Phi) is 7.84. The topological polar surface area (TPSA) is 128 Å². The number of carbonyl (C=O) groups excluding carboxylic acids is 3. The lowest BCUT2D eigenvalue weighted by Gasteiger charge is -2.45. The van der Waals surface area contributed by atoms with Gasteiger partial charge < -0.3 is 20.1 Å². The Morgan fingerprint density at radius 3 is 2.52 bits per heavy atom. The molecule has 0 unspecified atom stereocenters. The van der Waals surface area contributed by atoms with Gasteiger partial charge in [-0.15, -0.1) is 0 Å². The maximum Gasteiger partial charge on any atom is 0.412 e. The van der Waals surface area contributed by atoms with Crippen LogP contribution in [-0.2, 0) is 21.6 Å². The Morgan fingerprint density at radius 1 is 1.12 bits per heavy atom. The third kappa shape index (κ3) is 5.63. The zero-order valence-corrected chi connectivity index (χ0v) is 23.2. The molecule has 1 spiro atoms. The van der Waals surface area contributed by atoms with Gasteiger partial charge in [0.05, 0.1) is 17.8 Å². The number of amides is 4. The molecule has 3 aromatic rings. The third-order valence-electron chi connectivity index (χ3n) is 7.77. The van der Waals surface area contributed by atoms with E-state index in [1.54, 1.807) is 19.1 Å². The molecule has 0 radical (unpaired) electrons. The Balaban J connectivity index is 1.42. The minimum absolute atomic E-state index is 0.0655. The van der Waals surface area contributed by atoms with Crippen molar-refractivity contribution >= 4 is 35.4 Å². The highest BCUT2D eigenvalue weighted by Crippen LogP contribution is 2.44. The van der Waals surface area contributed by atoms with Crippen LogP contribution in [0.15, 0.2) is 66.7 Å². The van der Waals surface area contributed by atoms with Gasteiger partial charge in [0.1, 0.15) is 11.9 Å². The molecule has 1 fully saturated rings. The Bertz CT molecular complexity index is 1530. The molecule has 0 aromatic heterocycles. The number of carbonyl (C=O) groups is 4. The van der Waals surface area contributed by atoms with Crippen molar-refractivity contribution < 1.29 is 33.4 Å². The maximum absolute atomic E-state index is 15.5. The molecule has 2 heterocycles. The predicted molar refractivity (Wildman–Crippen MR) is 153 cm³/mol. The number of rotatable bonds is 6. The highest BCUT2D eigenvalue weighted by Gasteiger charge is 2.49. The fraction of sp³-hybridized carbons (Fsp3) is 0.290.